The lowest BCUT2D eigenvalue weighted by atomic mass is 9.77. The maximum absolute atomic E-state index is 12.3. The van der Waals surface area contributed by atoms with E-state index in [0.717, 1.165) is 0 Å². The van der Waals surface area contributed by atoms with Gasteiger partial charge >= 0.3 is 6.18 Å². The number of alkyl halides is 3. The fraction of sp³-hybridized carbons (Fsp3) is 0.778. The molecule has 3 atom stereocenters. The van der Waals surface area contributed by atoms with Gasteiger partial charge in [0.2, 0.25) is 0 Å². The molecular weight excluding hydrogens is 165 g/mol. The Morgan fingerprint density at radius 1 is 1.25 bits per heavy atom. The molecule has 12 heavy (non-hydrogen) atoms. The number of hydrogen-bond donors (Lipinski definition) is 0. The van der Waals surface area contributed by atoms with Crippen LogP contribution in [-0.2, 0) is 0 Å². The maximum atomic E-state index is 12.3. The third-order valence-corrected chi connectivity index (χ3v) is 2.71. The first-order valence-electron chi connectivity index (χ1n) is 4.16. The van der Waals surface area contributed by atoms with E-state index in [0.29, 0.717) is 0 Å². The van der Waals surface area contributed by atoms with Gasteiger partial charge in [0.15, 0.2) is 0 Å². The Balaban J connectivity index is 2.74. The van der Waals surface area contributed by atoms with Crippen LogP contribution in [0.5, 0.6) is 0 Å². The fourth-order valence-corrected chi connectivity index (χ4v) is 1.63. The zero-order chi connectivity index (χ0) is 9.35. The molecule has 0 saturated heterocycles. The molecule has 70 valence electrons. The van der Waals surface area contributed by atoms with Crippen LogP contribution in [0.2, 0.25) is 0 Å². The molecule has 3 unspecified atom stereocenters. The van der Waals surface area contributed by atoms with Crippen LogP contribution in [0.15, 0.2) is 12.2 Å². The van der Waals surface area contributed by atoms with Crippen LogP contribution in [-0.4, -0.2) is 6.18 Å². The minimum Gasteiger partial charge on any atom is -0.171 e. The van der Waals surface area contributed by atoms with E-state index in [9.17, 15) is 13.2 Å². The molecule has 0 bridgehead atoms. The summed E-state index contributed by atoms with van der Waals surface area (Å²) in [7, 11) is 0. The van der Waals surface area contributed by atoms with Gasteiger partial charge in [-0.2, -0.15) is 13.2 Å². The molecule has 0 N–H and O–H groups in total. The van der Waals surface area contributed by atoms with E-state index in [1.807, 2.05) is 13.0 Å². The summed E-state index contributed by atoms with van der Waals surface area (Å²) >= 11 is 0. The van der Waals surface area contributed by atoms with Gasteiger partial charge < -0.3 is 0 Å². The van der Waals surface area contributed by atoms with Crippen molar-refractivity contribution in [2.24, 2.45) is 17.8 Å². The van der Waals surface area contributed by atoms with Gasteiger partial charge in [-0.1, -0.05) is 26.0 Å². The summed E-state index contributed by atoms with van der Waals surface area (Å²) in [6.45, 7) is 3.51. The summed E-state index contributed by atoms with van der Waals surface area (Å²) in [6.07, 6.45) is -0.372. The van der Waals surface area contributed by atoms with Gasteiger partial charge in [-0.15, -0.1) is 0 Å². The van der Waals surface area contributed by atoms with E-state index in [1.54, 1.807) is 13.0 Å². The SMILES string of the molecule is CC1C=CCC(C(F)(F)F)C1C. The Bertz CT molecular complexity index is 181. The van der Waals surface area contributed by atoms with E-state index >= 15 is 0 Å². The average molecular weight is 178 g/mol. The molecule has 0 aromatic carbocycles. The highest BCUT2D eigenvalue weighted by molar-refractivity contribution is 4.99. The second kappa shape index (κ2) is 3.11. The fourth-order valence-electron chi connectivity index (χ4n) is 1.63. The third kappa shape index (κ3) is 1.82. The van der Waals surface area contributed by atoms with Crippen LogP contribution in [0.1, 0.15) is 20.3 Å². The lowest BCUT2D eigenvalue weighted by Crippen LogP contribution is -2.33. The van der Waals surface area contributed by atoms with Gasteiger partial charge in [0.1, 0.15) is 0 Å². The third-order valence-electron chi connectivity index (χ3n) is 2.71. The second-order valence-electron chi connectivity index (χ2n) is 3.53. The molecule has 0 fully saturated rings. The minimum absolute atomic E-state index is 0.0466. The number of allylic oxidation sites excluding steroid dienone is 2. The monoisotopic (exact) mass is 178 g/mol. The van der Waals surface area contributed by atoms with Crippen molar-refractivity contribution in [1.82, 2.24) is 0 Å². The Labute approximate surface area is 70.5 Å². The van der Waals surface area contributed by atoms with E-state index in [1.165, 1.54) is 0 Å². The summed E-state index contributed by atoms with van der Waals surface area (Å²) in [6, 6.07) is 0. The maximum Gasteiger partial charge on any atom is 0.392 e. The normalized spacial score (nSPS) is 36.9. The molecule has 1 aliphatic carbocycles. The summed E-state index contributed by atoms with van der Waals surface area (Å²) in [5.74, 6) is -1.38. The van der Waals surface area contributed by atoms with Crippen molar-refractivity contribution in [1.29, 1.82) is 0 Å². The number of halogens is 3. The zero-order valence-electron chi connectivity index (χ0n) is 7.23. The van der Waals surface area contributed by atoms with E-state index in [4.69, 9.17) is 0 Å². The van der Waals surface area contributed by atoms with Gasteiger partial charge in [-0.25, -0.2) is 0 Å². The lowest BCUT2D eigenvalue weighted by Gasteiger charge is -2.31. The lowest BCUT2D eigenvalue weighted by molar-refractivity contribution is -0.190. The van der Waals surface area contributed by atoms with E-state index < -0.39 is 12.1 Å². The van der Waals surface area contributed by atoms with Gasteiger partial charge in [-0.3, -0.25) is 0 Å². The predicted molar refractivity (Wildman–Crippen MR) is 41.6 cm³/mol. The van der Waals surface area contributed by atoms with Crippen LogP contribution < -0.4 is 0 Å². The Kier molecular flexibility index (Phi) is 2.49. The smallest absolute Gasteiger partial charge is 0.171 e. The number of rotatable bonds is 0. The van der Waals surface area contributed by atoms with Crippen molar-refractivity contribution < 1.29 is 13.2 Å². The first-order valence-corrected chi connectivity index (χ1v) is 4.16. The molecule has 0 spiro atoms. The Hall–Kier alpha value is -0.470. The highest BCUT2D eigenvalue weighted by Crippen LogP contribution is 2.40. The van der Waals surface area contributed by atoms with Gasteiger partial charge in [0.05, 0.1) is 5.92 Å². The van der Waals surface area contributed by atoms with Crippen molar-refractivity contribution in [3.05, 3.63) is 12.2 Å². The molecule has 0 radical (unpaired) electrons. The molecule has 1 aliphatic rings. The molecule has 1 rings (SSSR count). The molecule has 0 nitrogen and oxygen atoms in total. The molecular formula is C9H13F3. The van der Waals surface area contributed by atoms with Crippen molar-refractivity contribution in [3.63, 3.8) is 0 Å². The predicted octanol–water partition coefficient (Wildman–Crippen LogP) is 3.40. The Morgan fingerprint density at radius 3 is 2.25 bits per heavy atom. The molecule has 0 aliphatic heterocycles. The highest BCUT2D eigenvalue weighted by Gasteiger charge is 2.44. The topological polar surface area (TPSA) is 0 Å². The van der Waals surface area contributed by atoms with Crippen molar-refractivity contribution >= 4 is 0 Å². The van der Waals surface area contributed by atoms with Gasteiger partial charge in [-0.05, 0) is 18.3 Å². The van der Waals surface area contributed by atoms with Crippen molar-refractivity contribution in [2.75, 3.05) is 0 Å². The Morgan fingerprint density at radius 2 is 1.83 bits per heavy atom. The molecule has 3 heteroatoms. The highest BCUT2D eigenvalue weighted by atomic mass is 19.4. The summed E-state index contributed by atoms with van der Waals surface area (Å²) in [4.78, 5) is 0. The largest absolute Gasteiger partial charge is 0.392 e. The molecule has 0 amide bonds. The van der Waals surface area contributed by atoms with Crippen LogP contribution in [0.4, 0.5) is 13.2 Å². The molecule has 0 saturated carbocycles. The standard InChI is InChI=1S/C9H13F3/c1-6-4-3-5-8(7(6)2)9(10,11)12/h3-4,6-8H,5H2,1-2H3. The number of hydrogen-bond acceptors (Lipinski definition) is 0. The first kappa shape index (κ1) is 9.62. The summed E-state index contributed by atoms with van der Waals surface area (Å²) < 4.78 is 37.0. The second-order valence-corrected chi connectivity index (χ2v) is 3.53. The van der Waals surface area contributed by atoms with Crippen LogP contribution in [0, 0.1) is 17.8 Å². The van der Waals surface area contributed by atoms with E-state index in [2.05, 4.69) is 0 Å². The van der Waals surface area contributed by atoms with Crippen LogP contribution >= 0.6 is 0 Å². The van der Waals surface area contributed by atoms with Crippen molar-refractivity contribution in [3.8, 4) is 0 Å². The molecule has 0 aromatic heterocycles. The first-order chi connectivity index (χ1) is 5.43. The van der Waals surface area contributed by atoms with Gasteiger partial charge in [0.25, 0.3) is 0 Å². The summed E-state index contributed by atoms with van der Waals surface area (Å²) in [5.41, 5.74) is 0. The summed E-state index contributed by atoms with van der Waals surface area (Å²) in [5, 5.41) is 0. The molecule has 0 aromatic rings. The van der Waals surface area contributed by atoms with E-state index in [-0.39, 0.29) is 18.3 Å². The zero-order valence-corrected chi connectivity index (χ0v) is 7.23. The van der Waals surface area contributed by atoms with Crippen molar-refractivity contribution in [2.45, 2.75) is 26.4 Å². The van der Waals surface area contributed by atoms with Crippen LogP contribution in [0.3, 0.4) is 0 Å². The average Bonchev–Trinajstić information content (AvgIpc) is 1.92. The molecule has 0 heterocycles. The van der Waals surface area contributed by atoms with Gasteiger partial charge in [0, 0.05) is 0 Å². The quantitative estimate of drug-likeness (QED) is 0.499. The minimum atomic E-state index is -4.03. The van der Waals surface area contributed by atoms with Crippen LogP contribution in [0.25, 0.3) is 0 Å².